The Morgan fingerprint density at radius 3 is 2.85 bits per heavy atom. The van der Waals surface area contributed by atoms with E-state index in [0.717, 1.165) is 11.3 Å². The van der Waals surface area contributed by atoms with E-state index < -0.39 is 0 Å². The minimum Gasteiger partial charge on any atom is -0.494 e. The van der Waals surface area contributed by atoms with Crippen LogP contribution in [0, 0.1) is 0 Å². The molecule has 0 aliphatic rings. The largest absolute Gasteiger partial charge is 0.494 e. The molecule has 0 saturated carbocycles. The van der Waals surface area contributed by atoms with Crippen LogP contribution in [-0.2, 0) is 11.3 Å². The molecular formula is C21H23N3O3. The molecule has 0 unspecified atom stereocenters. The number of ether oxygens (including phenoxy) is 1. The number of aromatic nitrogens is 2. The van der Waals surface area contributed by atoms with E-state index in [0.29, 0.717) is 17.5 Å². The number of carbonyl (C=O) groups is 1. The maximum atomic E-state index is 12.5. The Bertz CT molecular complexity index is 997. The van der Waals surface area contributed by atoms with Gasteiger partial charge < -0.3 is 10.1 Å². The standard InChI is InChI=1S/C21H23N3O3/c1-3-27-17-8-6-7-16(13-17)15(2)23-20(25)11-12-24-14-22-19-10-5-4-9-18(19)21(24)26/h4-10,13-15H,3,11-12H2,1-2H3,(H,23,25)/t15-/m0/s1. The Kier molecular flexibility index (Phi) is 5.86. The number of amides is 1. The first kappa shape index (κ1) is 18.6. The Balaban J connectivity index is 1.62. The van der Waals surface area contributed by atoms with Crippen molar-refractivity contribution in [2.75, 3.05) is 6.61 Å². The normalized spacial score (nSPS) is 11.9. The van der Waals surface area contributed by atoms with Gasteiger partial charge in [0, 0.05) is 13.0 Å². The minimum atomic E-state index is -0.149. The molecule has 0 radical (unpaired) electrons. The van der Waals surface area contributed by atoms with Gasteiger partial charge in [-0.05, 0) is 43.7 Å². The zero-order chi connectivity index (χ0) is 19.2. The van der Waals surface area contributed by atoms with Gasteiger partial charge in [-0.2, -0.15) is 0 Å². The number of aryl methyl sites for hydroxylation is 1. The Morgan fingerprint density at radius 1 is 1.22 bits per heavy atom. The molecule has 1 aromatic heterocycles. The molecule has 0 spiro atoms. The highest BCUT2D eigenvalue weighted by atomic mass is 16.5. The lowest BCUT2D eigenvalue weighted by Crippen LogP contribution is -2.29. The van der Waals surface area contributed by atoms with Crippen molar-refractivity contribution in [3.63, 3.8) is 0 Å². The summed E-state index contributed by atoms with van der Waals surface area (Å²) in [6.45, 7) is 4.74. The van der Waals surface area contributed by atoms with Gasteiger partial charge in [-0.1, -0.05) is 24.3 Å². The first-order valence-corrected chi connectivity index (χ1v) is 9.04. The first-order chi connectivity index (χ1) is 13.1. The van der Waals surface area contributed by atoms with E-state index in [1.165, 1.54) is 10.9 Å². The van der Waals surface area contributed by atoms with Crippen LogP contribution in [0.5, 0.6) is 5.75 Å². The van der Waals surface area contributed by atoms with Gasteiger partial charge in [0.15, 0.2) is 0 Å². The third kappa shape index (κ3) is 4.53. The lowest BCUT2D eigenvalue weighted by molar-refractivity contribution is -0.121. The Hall–Kier alpha value is -3.15. The molecule has 0 fully saturated rings. The molecule has 1 N–H and O–H groups in total. The van der Waals surface area contributed by atoms with E-state index >= 15 is 0 Å². The molecule has 1 heterocycles. The van der Waals surface area contributed by atoms with Gasteiger partial charge >= 0.3 is 0 Å². The second-order valence-corrected chi connectivity index (χ2v) is 6.30. The summed E-state index contributed by atoms with van der Waals surface area (Å²) in [7, 11) is 0. The third-order valence-electron chi connectivity index (χ3n) is 4.36. The lowest BCUT2D eigenvalue weighted by atomic mass is 10.1. The number of para-hydroxylation sites is 1. The van der Waals surface area contributed by atoms with Crippen LogP contribution in [0.3, 0.4) is 0 Å². The van der Waals surface area contributed by atoms with Crippen LogP contribution in [0.15, 0.2) is 59.7 Å². The van der Waals surface area contributed by atoms with Crippen molar-refractivity contribution in [1.29, 1.82) is 0 Å². The average Bonchev–Trinajstić information content (AvgIpc) is 2.68. The first-order valence-electron chi connectivity index (χ1n) is 9.04. The molecule has 6 heteroatoms. The van der Waals surface area contributed by atoms with Crippen LogP contribution in [-0.4, -0.2) is 22.1 Å². The van der Waals surface area contributed by atoms with Gasteiger partial charge in [0.25, 0.3) is 5.56 Å². The fraction of sp³-hybridized carbons (Fsp3) is 0.286. The molecule has 1 atom stereocenters. The van der Waals surface area contributed by atoms with Gasteiger partial charge in [0.05, 0.1) is 29.9 Å². The highest BCUT2D eigenvalue weighted by Gasteiger charge is 2.11. The zero-order valence-corrected chi connectivity index (χ0v) is 15.5. The van der Waals surface area contributed by atoms with E-state index in [1.54, 1.807) is 18.2 Å². The summed E-state index contributed by atoms with van der Waals surface area (Å²) in [5.74, 6) is 0.661. The molecule has 1 amide bonds. The maximum absolute atomic E-state index is 12.5. The summed E-state index contributed by atoms with van der Waals surface area (Å²) in [5, 5.41) is 3.52. The molecule has 140 valence electrons. The number of benzene rings is 2. The molecule has 27 heavy (non-hydrogen) atoms. The molecule has 3 aromatic rings. The molecule has 2 aromatic carbocycles. The summed E-state index contributed by atoms with van der Waals surface area (Å²) >= 11 is 0. The van der Waals surface area contributed by atoms with Crippen molar-refractivity contribution < 1.29 is 9.53 Å². The molecule has 0 aliphatic heterocycles. The summed E-state index contributed by atoms with van der Waals surface area (Å²) in [4.78, 5) is 29.0. The molecular weight excluding hydrogens is 342 g/mol. The van der Waals surface area contributed by atoms with Gasteiger partial charge in [0.2, 0.25) is 5.91 Å². The second-order valence-electron chi connectivity index (χ2n) is 6.30. The fourth-order valence-corrected chi connectivity index (χ4v) is 2.92. The minimum absolute atomic E-state index is 0.121. The van der Waals surface area contributed by atoms with Crippen LogP contribution in [0.25, 0.3) is 10.9 Å². The van der Waals surface area contributed by atoms with Crippen LogP contribution < -0.4 is 15.6 Å². The monoisotopic (exact) mass is 365 g/mol. The van der Waals surface area contributed by atoms with E-state index in [2.05, 4.69) is 10.3 Å². The van der Waals surface area contributed by atoms with Gasteiger partial charge in [-0.15, -0.1) is 0 Å². The van der Waals surface area contributed by atoms with Crippen molar-refractivity contribution >= 4 is 16.8 Å². The van der Waals surface area contributed by atoms with Crippen LogP contribution in [0.1, 0.15) is 31.9 Å². The van der Waals surface area contributed by atoms with Crippen molar-refractivity contribution in [2.45, 2.75) is 32.9 Å². The predicted octanol–water partition coefficient (Wildman–Crippen LogP) is 3.06. The fourth-order valence-electron chi connectivity index (χ4n) is 2.92. The number of hydrogen-bond acceptors (Lipinski definition) is 4. The van der Waals surface area contributed by atoms with Crippen molar-refractivity contribution in [1.82, 2.24) is 14.9 Å². The molecule has 6 nitrogen and oxygen atoms in total. The molecule has 0 saturated heterocycles. The van der Waals surface area contributed by atoms with E-state index in [1.807, 2.05) is 44.2 Å². The predicted molar refractivity (Wildman–Crippen MR) is 105 cm³/mol. The van der Waals surface area contributed by atoms with Crippen LogP contribution in [0.4, 0.5) is 0 Å². The number of fused-ring (bicyclic) bond motifs is 1. The summed E-state index contributed by atoms with van der Waals surface area (Å²) in [5.41, 5.74) is 1.50. The van der Waals surface area contributed by atoms with E-state index in [9.17, 15) is 9.59 Å². The van der Waals surface area contributed by atoms with E-state index in [4.69, 9.17) is 4.74 Å². The topological polar surface area (TPSA) is 73.2 Å². The van der Waals surface area contributed by atoms with Crippen LogP contribution in [0.2, 0.25) is 0 Å². The summed E-state index contributed by atoms with van der Waals surface area (Å²) in [6, 6.07) is 14.7. The number of carbonyl (C=O) groups excluding carboxylic acids is 1. The van der Waals surface area contributed by atoms with Crippen molar-refractivity contribution in [3.05, 3.63) is 70.8 Å². The SMILES string of the molecule is CCOc1cccc([C@H](C)NC(=O)CCn2cnc3ccccc3c2=O)c1. The van der Waals surface area contributed by atoms with E-state index in [-0.39, 0.29) is 30.5 Å². The maximum Gasteiger partial charge on any atom is 0.261 e. The van der Waals surface area contributed by atoms with Gasteiger partial charge in [-0.25, -0.2) is 4.98 Å². The highest BCUT2D eigenvalue weighted by molar-refractivity contribution is 5.77. The number of hydrogen-bond donors (Lipinski definition) is 1. The highest BCUT2D eigenvalue weighted by Crippen LogP contribution is 2.19. The smallest absolute Gasteiger partial charge is 0.261 e. The molecule has 3 rings (SSSR count). The second kappa shape index (κ2) is 8.49. The summed E-state index contributed by atoms with van der Waals surface area (Å²) < 4.78 is 6.97. The number of nitrogens with one attached hydrogen (secondary N) is 1. The van der Waals surface area contributed by atoms with Gasteiger partial charge in [-0.3, -0.25) is 14.2 Å². The van der Waals surface area contributed by atoms with Gasteiger partial charge in [0.1, 0.15) is 5.75 Å². The number of nitrogens with zero attached hydrogens (tertiary/aromatic N) is 2. The van der Waals surface area contributed by atoms with Crippen LogP contribution >= 0.6 is 0 Å². The van der Waals surface area contributed by atoms with Crippen molar-refractivity contribution in [3.8, 4) is 5.75 Å². The Morgan fingerprint density at radius 2 is 2.04 bits per heavy atom. The zero-order valence-electron chi connectivity index (χ0n) is 15.5. The average molecular weight is 365 g/mol. The molecule has 0 aliphatic carbocycles. The van der Waals surface area contributed by atoms with Crippen molar-refractivity contribution in [2.24, 2.45) is 0 Å². The summed E-state index contributed by atoms with van der Waals surface area (Å²) in [6.07, 6.45) is 1.70. The lowest BCUT2D eigenvalue weighted by Gasteiger charge is -2.16. The molecule has 0 bridgehead atoms. The number of rotatable bonds is 7. The Labute approximate surface area is 157 Å². The quantitative estimate of drug-likeness (QED) is 0.698. The third-order valence-corrected chi connectivity index (χ3v) is 4.36.